The molecule has 2 rings (SSSR count). The Hall–Kier alpha value is -1.00. The molecule has 104 valence electrons. The first-order chi connectivity index (χ1) is 9.26. The summed E-state index contributed by atoms with van der Waals surface area (Å²) in [6.45, 7) is 1.77. The summed E-state index contributed by atoms with van der Waals surface area (Å²) in [7, 11) is 1.94. The fourth-order valence-corrected chi connectivity index (χ4v) is 3.15. The molecular weight excluding hydrogens is 256 g/mol. The van der Waals surface area contributed by atoms with Gasteiger partial charge in [0.25, 0.3) is 5.91 Å². The number of nitrogens with zero attached hydrogens (tertiary/aromatic N) is 1. The highest BCUT2D eigenvalue weighted by atomic mass is 32.2. The molecule has 1 aromatic carbocycles. The minimum absolute atomic E-state index is 0.174. The molecule has 1 unspecified atom stereocenters. The summed E-state index contributed by atoms with van der Waals surface area (Å²) in [4.78, 5) is 14.5. The third-order valence-corrected chi connectivity index (χ3v) is 4.21. The van der Waals surface area contributed by atoms with Gasteiger partial charge in [-0.05, 0) is 43.8 Å². The molecule has 1 heterocycles. The number of likely N-dealkylation sites (N-methyl/N-ethyl adjacent to an activating group) is 1. The van der Waals surface area contributed by atoms with Crippen LogP contribution in [0.15, 0.2) is 24.3 Å². The Morgan fingerprint density at radius 1 is 1.42 bits per heavy atom. The monoisotopic (exact) mass is 278 g/mol. The minimum atomic E-state index is 0.174. The van der Waals surface area contributed by atoms with Crippen LogP contribution < -0.4 is 5.32 Å². The maximum atomic E-state index is 12.5. The SMILES string of the molecule is CNCC1CCCN1C(=O)c1ccc(CSC)cc1. The van der Waals surface area contributed by atoms with E-state index in [1.165, 1.54) is 5.56 Å². The van der Waals surface area contributed by atoms with Crippen LogP contribution in [0.3, 0.4) is 0 Å². The first-order valence-electron chi connectivity index (χ1n) is 6.79. The molecule has 1 saturated heterocycles. The first-order valence-corrected chi connectivity index (χ1v) is 8.19. The average Bonchev–Trinajstić information content (AvgIpc) is 2.88. The second-order valence-electron chi connectivity index (χ2n) is 4.98. The van der Waals surface area contributed by atoms with Crippen LogP contribution in [0.4, 0.5) is 0 Å². The van der Waals surface area contributed by atoms with E-state index < -0.39 is 0 Å². The second kappa shape index (κ2) is 6.96. The van der Waals surface area contributed by atoms with Crippen molar-refractivity contribution in [1.29, 1.82) is 0 Å². The number of hydrogen-bond donors (Lipinski definition) is 1. The molecule has 1 amide bonds. The predicted octanol–water partition coefficient (Wildman–Crippen LogP) is 2.37. The molecule has 4 heteroatoms. The van der Waals surface area contributed by atoms with Crippen molar-refractivity contribution in [3.63, 3.8) is 0 Å². The van der Waals surface area contributed by atoms with Gasteiger partial charge in [-0.1, -0.05) is 12.1 Å². The number of benzene rings is 1. The fraction of sp³-hybridized carbons (Fsp3) is 0.533. The van der Waals surface area contributed by atoms with Gasteiger partial charge in [0.2, 0.25) is 0 Å². The van der Waals surface area contributed by atoms with Gasteiger partial charge in [-0.15, -0.1) is 0 Å². The summed E-state index contributed by atoms with van der Waals surface area (Å²) in [6.07, 6.45) is 4.31. The summed E-state index contributed by atoms with van der Waals surface area (Å²) < 4.78 is 0. The van der Waals surface area contributed by atoms with Crippen LogP contribution in [0.1, 0.15) is 28.8 Å². The van der Waals surface area contributed by atoms with Crippen molar-refractivity contribution in [1.82, 2.24) is 10.2 Å². The van der Waals surface area contributed by atoms with E-state index in [4.69, 9.17) is 0 Å². The lowest BCUT2D eigenvalue weighted by Gasteiger charge is -2.24. The van der Waals surface area contributed by atoms with Crippen LogP contribution >= 0.6 is 11.8 Å². The summed E-state index contributed by atoms with van der Waals surface area (Å²) in [5.74, 6) is 1.18. The van der Waals surface area contributed by atoms with Crippen LogP contribution in [0, 0.1) is 0 Å². The molecule has 1 aliphatic heterocycles. The van der Waals surface area contributed by atoms with Gasteiger partial charge in [-0.2, -0.15) is 11.8 Å². The number of thioether (sulfide) groups is 1. The third-order valence-electron chi connectivity index (χ3n) is 3.59. The highest BCUT2D eigenvalue weighted by molar-refractivity contribution is 7.97. The number of carbonyl (C=O) groups is 1. The maximum Gasteiger partial charge on any atom is 0.254 e. The molecule has 1 aromatic rings. The van der Waals surface area contributed by atoms with Gasteiger partial charge in [0.1, 0.15) is 0 Å². The van der Waals surface area contributed by atoms with Crippen LogP contribution in [-0.2, 0) is 5.75 Å². The van der Waals surface area contributed by atoms with Gasteiger partial charge in [0.15, 0.2) is 0 Å². The van der Waals surface area contributed by atoms with Crippen molar-refractivity contribution in [3.8, 4) is 0 Å². The number of likely N-dealkylation sites (tertiary alicyclic amines) is 1. The molecule has 0 bridgehead atoms. The molecule has 19 heavy (non-hydrogen) atoms. The van der Waals surface area contributed by atoms with Crippen molar-refractivity contribution in [2.75, 3.05) is 26.4 Å². The van der Waals surface area contributed by atoms with Crippen molar-refractivity contribution < 1.29 is 4.79 Å². The Kier molecular flexibility index (Phi) is 5.28. The standard InChI is InChI=1S/C15H22N2OS/c1-16-10-14-4-3-9-17(14)15(18)13-7-5-12(6-8-13)11-19-2/h5-8,14,16H,3-4,9-11H2,1-2H3. The zero-order valence-corrected chi connectivity index (χ0v) is 12.5. The minimum Gasteiger partial charge on any atom is -0.334 e. The zero-order valence-electron chi connectivity index (χ0n) is 11.7. The highest BCUT2D eigenvalue weighted by Crippen LogP contribution is 2.20. The lowest BCUT2D eigenvalue weighted by molar-refractivity contribution is 0.0737. The molecule has 1 aliphatic rings. The van der Waals surface area contributed by atoms with E-state index in [-0.39, 0.29) is 5.91 Å². The zero-order chi connectivity index (χ0) is 13.7. The number of amides is 1. The van der Waals surface area contributed by atoms with Crippen LogP contribution in [-0.4, -0.2) is 43.2 Å². The average molecular weight is 278 g/mol. The van der Waals surface area contributed by atoms with E-state index in [1.807, 2.05) is 24.1 Å². The van der Waals surface area contributed by atoms with E-state index in [1.54, 1.807) is 11.8 Å². The molecule has 1 atom stereocenters. The van der Waals surface area contributed by atoms with Gasteiger partial charge in [0, 0.05) is 30.4 Å². The third kappa shape index (κ3) is 3.51. The smallest absolute Gasteiger partial charge is 0.254 e. The topological polar surface area (TPSA) is 32.3 Å². The molecule has 0 radical (unpaired) electrons. The van der Waals surface area contributed by atoms with Gasteiger partial charge in [0.05, 0.1) is 0 Å². The van der Waals surface area contributed by atoms with Gasteiger partial charge >= 0.3 is 0 Å². The molecule has 1 N–H and O–H groups in total. The maximum absolute atomic E-state index is 12.5. The highest BCUT2D eigenvalue weighted by Gasteiger charge is 2.28. The quantitative estimate of drug-likeness (QED) is 0.897. The fourth-order valence-electron chi connectivity index (χ4n) is 2.63. The van der Waals surface area contributed by atoms with Crippen LogP contribution in [0.5, 0.6) is 0 Å². The van der Waals surface area contributed by atoms with E-state index in [0.29, 0.717) is 6.04 Å². The molecule has 0 aromatic heterocycles. The second-order valence-corrected chi connectivity index (χ2v) is 5.85. The van der Waals surface area contributed by atoms with Gasteiger partial charge in [-0.25, -0.2) is 0 Å². The molecule has 0 aliphatic carbocycles. The van der Waals surface area contributed by atoms with Crippen molar-refractivity contribution >= 4 is 17.7 Å². The van der Waals surface area contributed by atoms with Gasteiger partial charge in [-0.3, -0.25) is 4.79 Å². The van der Waals surface area contributed by atoms with Crippen molar-refractivity contribution in [2.24, 2.45) is 0 Å². The van der Waals surface area contributed by atoms with Crippen molar-refractivity contribution in [3.05, 3.63) is 35.4 Å². The first kappa shape index (κ1) is 14.4. The normalized spacial score (nSPS) is 18.8. The molecular formula is C15H22N2OS. The summed E-state index contributed by atoms with van der Waals surface area (Å²) in [5.41, 5.74) is 2.09. The lowest BCUT2D eigenvalue weighted by atomic mass is 10.1. The predicted molar refractivity (Wildman–Crippen MR) is 81.6 cm³/mol. The number of hydrogen-bond acceptors (Lipinski definition) is 3. The van der Waals surface area contributed by atoms with E-state index in [2.05, 4.69) is 23.7 Å². The Labute approximate surface area is 119 Å². The Bertz CT molecular complexity index is 419. The number of nitrogens with one attached hydrogen (secondary N) is 1. The molecule has 0 spiro atoms. The number of carbonyl (C=O) groups excluding carboxylic acids is 1. The molecule has 3 nitrogen and oxygen atoms in total. The van der Waals surface area contributed by atoms with Crippen LogP contribution in [0.2, 0.25) is 0 Å². The Morgan fingerprint density at radius 3 is 2.79 bits per heavy atom. The van der Waals surface area contributed by atoms with E-state index in [9.17, 15) is 4.79 Å². The van der Waals surface area contributed by atoms with Crippen LogP contribution in [0.25, 0.3) is 0 Å². The van der Waals surface area contributed by atoms with Crippen molar-refractivity contribution in [2.45, 2.75) is 24.6 Å². The largest absolute Gasteiger partial charge is 0.334 e. The van der Waals surface area contributed by atoms with E-state index in [0.717, 1.165) is 37.2 Å². The van der Waals surface area contributed by atoms with E-state index >= 15 is 0 Å². The molecule has 1 fully saturated rings. The lowest BCUT2D eigenvalue weighted by Crippen LogP contribution is -2.40. The molecule has 0 saturated carbocycles. The summed E-state index contributed by atoms with van der Waals surface area (Å²) in [5, 5.41) is 3.18. The Balaban J connectivity index is 2.06. The Morgan fingerprint density at radius 2 is 2.16 bits per heavy atom. The van der Waals surface area contributed by atoms with Gasteiger partial charge < -0.3 is 10.2 Å². The number of rotatable bonds is 5. The summed E-state index contributed by atoms with van der Waals surface area (Å²) in [6, 6.07) is 8.40. The summed E-state index contributed by atoms with van der Waals surface area (Å²) >= 11 is 1.80.